The molecule has 1 saturated heterocycles. The van der Waals surface area contributed by atoms with Crippen LogP contribution in [0.5, 0.6) is 5.75 Å². The zero-order chi connectivity index (χ0) is 17.4. The van der Waals surface area contributed by atoms with Crippen molar-refractivity contribution in [3.63, 3.8) is 0 Å². The highest BCUT2D eigenvalue weighted by molar-refractivity contribution is 5.85. The molecule has 2 aliphatic rings. The maximum atomic E-state index is 5.79. The Kier molecular flexibility index (Phi) is 4.85. The SMILES string of the molecule is Cl.c1cncc(COc2ccc(-c3noc(C4CC45CCNC5)n3)cc2)c1. The van der Waals surface area contributed by atoms with Crippen LogP contribution in [0.3, 0.4) is 0 Å². The van der Waals surface area contributed by atoms with Gasteiger partial charge in [0.05, 0.1) is 0 Å². The third-order valence-corrected chi connectivity index (χ3v) is 5.45. The Morgan fingerprint density at radius 1 is 1.22 bits per heavy atom. The van der Waals surface area contributed by atoms with Crippen LogP contribution in [-0.2, 0) is 6.61 Å². The number of nitrogens with zero attached hydrogens (tertiary/aromatic N) is 3. The molecule has 1 spiro atoms. The Bertz CT molecular complexity index is 892. The van der Waals surface area contributed by atoms with Crippen molar-refractivity contribution in [3.8, 4) is 17.1 Å². The van der Waals surface area contributed by atoms with Gasteiger partial charge in [-0.25, -0.2) is 0 Å². The Hall–Kier alpha value is -2.44. The molecule has 0 amide bonds. The van der Waals surface area contributed by atoms with Gasteiger partial charge in [-0.1, -0.05) is 11.2 Å². The predicted molar refractivity (Wildman–Crippen MR) is 103 cm³/mol. The third kappa shape index (κ3) is 3.55. The molecule has 1 saturated carbocycles. The lowest BCUT2D eigenvalue weighted by Gasteiger charge is -2.06. The number of aromatic nitrogens is 3. The average molecular weight is 385 g/mol. The van der Waals surface area contributed by atoms with Crippen molar-refractivity contribution in [2.24, 2.45) is 5.41 Å². The first-order valence-electron chi connectivity index (χ1n) is 8.99. The van der Waals surface area contributed by atoms with Gasteiger partial charge in [0.25, 0.3) is 0 Å². The molecule has 0 bridgehead atoms. The molecule has 140 valence electrons. The first kappa shape index (κ1) is 17.9. The molecule has 3 heterocycles. The number of ether oxygens (including phenoxy) is 1. The van der Waals surface area contributed by atoms with Crippen molar-refractivity contribution in [3.05, 3.63) is 60.2 Å². The zero-order valence-corrected chi connectivity index (χ0v) is 15.6. The van der Waals surface area contributed by atoms with Gasteiger partial charge in [-0.2, -0.15) is 4.98 Å². The highest BCUT2D eigenvalue weighted by Gasteiger charge is 2.58. The number of hydrogen-bond acceptors (Lipinski definition) is 6. The molecule has 27 heavy (non-hydrogen) atoms. The summed E-state index contributed by atoms with van der Waals surface area (Å²) in [7, 11) is 0. The van der Waals surface area contributed by atoms with E-state index in [-0.39, 0.29) is 12.4 Å². The summed E-state index contributed by atoms with van der Waals surface area (Å²) in [6.07, 6.45) is 5.92. The second-order valence-electron chi connectivity index (χ2n) is 7.18. The van der Waals surface area contributed by atoms with Gasteiger partial charge in [-0.15, -0.1) is 12.4 Å². The Morgan fingerprint density at radius 2 is 2.11 bits per heavy atom. The van der Waals surface area contributed by atoms with Crippen molar-refractivity contribution in [2.45, 2.75) is 25.4 Å². The largest absolute Gasteiger partial charge is 0.489 e. The van der Waals surface area contributed by atoms with Gasteiger partial charge < -0.3 is 14.6 Å². The van der Waals surface area contributed by atoms with Crippen LogP contribution >= 0.6 is 12.4 Å². The van der Waals surface area contributed by atoms with Crippen LogP contribution in [0, 0.1) is 5.41 Å². The van der Waals surface area contributed by atoms with Gasteiger partial charge in [0.2, 0.25) is 11.7 Å². The molecule has 2 unspecified atom stereocenters. The number of benzene rings is 1. The Balaban J connectivity index is 0.00000180. The number of halogens is 1. The summed E-state index contributed by atoms with van der Waals surface area (Å²) < 4.78 is 11.3. The van der Waals surface area contributed by atoms with Crippen LogP contribution in [0.2, 0.25) is 0 Å². The number of pyridine rings is 1. The molecule has 3 aromatic rings. The Morgan fingerprint density at radius 3 is 2.85 bits per heavy atom. The number of rotatable bonds is 5. The first-order chi connectivity index (χ1) is 12.8. The average Bonchev–Trinajstić information content (AvgIpc) is 3.04. The summed E-state index contributed by atoms with van der Waals surface area (Å²) in [5.41, 5.74) is 2.35. The van der Waals surface area contributed by atoms with Crippen LogP contribution < -0.4 is 10.1 Å². The summed E-state index contributed by atoms with van der Waals surface area (Å²) in [5.74, 6) is 2.65. The number of nitrogens with one attached hydrogen (secondary N) is 1. The fraction of sp³-hybridized carbons (Fsp3) is 0.350. The van der Waals surface area contributed by atoms with E-state index in [1.165, 1.54) is 6.42 Å². The molecule has 1 N–H and O–H groups in total. The molecular weight excluding hydrogens is 364 g/mol. The van der Waals surface area contributed by atoms with E-state index in [1.54, 1.807) is 12.4 Å². The van der Waals surface area contributed by atoms with Gasteiger partial charge in [-0.05, 0) is 55.1 Å². The number of hydrogen-bond donors (Lipinski definition) is 1. The minimum atomic E-state index is 0. The van der Waals surface area contributed by atoms with Crippen molar-refractivity contribution in [2.75, 3.05) is 13.1 Å². The van der Waals surface area contributed by atoms with E-state index in [4.69, 9.17) is 9.26 Å². The quantitative estimate of drug-likeness (QED) is 0.724. The van der Waals surface area contributed by atoms with E-state index < -0.39 is 0 Å². The first-order valence-corrected chi connectivity index (χ1v) is 8.99. The van der Waals surface area contributed by atoms with Gasteiger partial charge in [0.15, 0.2) is 0 Å². The zero-order valence-electron chi connectivity index (χ0n) is 14.8. The highest BCUT2D eigenvalue weighted by atomic mass is 35.5. The standard InChI is InChI=1S/C20H20N4O2.ClH/c1-2-14(11-21-8-1)12-25-16-5-3-15(4-6-16)18-23-19(26-24-18)17-10-20(17)7-9-22-13-20;/h1-6,8,11,17,22H,7,9-10,12-13H2;1H. The van der Waals surface area contributed by atoms with Crippen molar-refractivity contribution in [1.29, 1.82) is 0 Å². The van der Waals surface area contributed by atoms with Crippen LogP contribution in [0.4, 0.5) is 0 Å². The second-order valence-corrected chi connectivity index (χ2v) is 7.18. The lowest BCUT2D eigenvalue weighted by atomic mass is 10.0. The molecule has 0 radical (unpaired) electrons. The van der Waals surface area contributed by atoms with Crippen LogP contribution in [0.25, 0.3) is 11.4 Å². The molecular formula is C20H21ClN4O2. The minimum Gasteiger partial charge on any atom is -0.489 e. The lowest BCUT2D eigenvalue weighted by Crippen LogP contribution is -2.10. The molecule has 2 aromatic heterocycles. The molecule has 5 rings (SSSR count). The summed E-state index contributed by atoms with van der Waals surface area (Å²) in [6, 6.07) is 11.7. The molecule has 7 heteroatoms. The molecule has 1 aliphatic heterocycles. The molecule has 2 fully saturated rings. The normalized spacial score (nSPS) is 23.2. The van der Waals surface area contributed by atoms with Gasteiger partial charge in [-0.3, -0.25) is 4.98 Å². The van der Waals surface area contributed by atoms with E-state index in [2.05, 4.69) is 20.4 Å². The van der Waals surface area contributed by atoms with Crippen molar-refractivity contribution < 1.29 is 9.26 Å². The van der Waals surface area contributed by atoms with Crippen molar-refractivity contribution >= 4 is 12.4 Å². The highest BCUT2D eigenvalue weighted by Crippen LogP contribution is 2.62. The van der Waals surface area contributed by atoms with Crippen LogP contribution in [0.1, 0.15) is 30.2 Å². The fourth-order valence-electron chi connectivity index (χ4n) is 3.78. The topological polar surface area (TPSA) is 73.1 Å². The van der Waals surface area contributed by atoms with E-state index in [0.717, 1.165) is 42.3 Å². The summed E-state index contributed by atoms with van der Waals surface area (Å²) in [4.78, 5) is 8.72. The molecule has 1 aliphatic carbocycles. The van der Waals surface area contributed by atoms with E-state index >= 15 is 0 Å². The second kappa shape index (κ2) is 7.29. The maximum absolute atomic E-state index is 5.79. The smallest absolute Gasteiger partial charge is 0.230 e. The molecule has 6 nitrogen and oxygen atoms in total. The Labute approximate surface area is 163 Å². The third-order valence-electron chi connectivity index (χ3n) is 5.45. The van der Waals surface area contributed by atoms with Gasteiger partial charge >= 0.3 is 0 Å². The summed E-state index contributed by atoms with van der Waals surface area (Å²) in [6.45, 7) is 2.66. The van der Waals surface area contributed by atoms with E-state index in [0.29, 0.717) is 23.8 Å². The maximum Gasteiger partial charge on any atom is 0.230 e. The van der Waals surface area contributed by atoms with Gasteiger partial charge in [0, 0.05) is 36.0 Å². The van der Waals surface area contributed by atoms with Crippen LogP contribution in [0.15, 0.2) is 53.3 Å². The summed E-state index contributed by atoms with van der Waals surface area (Å²) in [5, 5.41) is 7.61. The molecule has 1 aromatic carbocycles. The van der Waals surface area contributed by atoms with Crippen molar-refractivity contribution in [1.82, 2.24) is 20.4 Å². The van der Waals surface area contributed by atoms with E-state index in [1.807, 2.05) is 36.4 Å². The predicted octanol–water partition coefficient (Wildman–Crippen LogP) is 3.60. The summed E-state index contributed by atoms with van der Waals surface area (Å²) >= 11 is 0. The minimum absolute atomic E-state index is 0. The van der Waals surface area contributed by atoms with Gasteiger partial charge in [0.1, 0.15) is 12.4 Å². The van der Waals surface area contributed by atoms with E-state index in [9.17, 15) is 0 Å². The fourth-order valence-corrected chi connectivity index (χ4v) is 3.78. The molecule has 2 atom stereocenters. The monoisotopic (exact) mass is 384 g/mol. The lowest BCUT2D eigenvalue weighted by molar-refractivity contribution is 0.306. The van der Waals surface area contributed by atoms with Crippen LogP contribution in [-0.4, -0.2) is 28.2 Å².